The zero-order valence-electron chi connectivity index (χ0n) is 9.70. The third-order valence-corrected chi connectivity index (χ3v) is 2.57. The highest BCUT2D eigenvalue weighted by Gasteiger charge is 2.01. The van der Waals surface area contributed by atoms with Crippen LogP contribution in [0.1, 0.15) is 32.0 Å². The van der Waals surface area contributed by atoms with Crippen molar-refractivity contribution in [3.8, 4) is 0 Å². The summed E-state index contributed by atoms with van der Waals surface area (Å²) >= 11 is 0. The third-order valence-electron chi connectivity index (χ3n) is 2.57. The van der Waals surface area contributed by atoms with Crippen LogP contribution in [0.4, 0.5) is 0 Å². The number of nitrogens with zero attached hydrogens (tertiary/aromatic N) is 1. The smallest absolute Gasteiger partial charge is 0.133 e. The molecule has 1 N–H and O–H groups in total. The highest BCUT2D eigenvalue weighted by molar-refractivity contribution is 5.74. The number of hydrogen-bond donors (Lipinski definition) is 1. The summed E-state index contributed by atoms with van der Waals surface area (Å²) in [5.41, 5.74) is 2.09. The Morgan fingerprint density at radius 2 is 2.12 bits per heavy atom. The third kappa shape index (κ3) is 2.83. The second-order valence-corrected chi connectivity index (χ2v) is 3.96. The van der Waals surface area contributed by atoms with E-state index in [9.17, 15) is 0 Å². The van der Waals surface area contributed by atoms with E-state index in [0.29, 0.717) is 6.61 Å². The lowest BCUT2D eigenvalue weighted by molar-refractivity contribution is 0.112. The second kappa shape index (κ2) is 5.66. The lowest BCUT2D eigenvalue weighted by Crippen LogP contribution is -1.96. The molecule has 0 saturated carbocycles. The maximum atomic E-state index is 5.56. The van der Waals surface area contributed by atoms with E-state index in [1.807, 2.05) is 24.3 Å². The summed E-state index contributed by atoms with van der Waals surface area (Å²) in [6.45, 7) is 3.60. The Morgan fingerprint density at radius 3 is 2.94 bits per heavy atom. The van der Waals surface area contributed by atoms with Crippen LogP contribution in [0.2, 0.25) is 0 Å². The van der Waals surface area contributed by atoms with Gasteiger partial charge in [-0.2, -0.15) is 0 Å². The van der Waals surface area contributed by atoms with Crippen molar-refractivity contribution in [1.29, 1.82) is 0 Å². The molecule has 0 amide bonds. The van der Waals surface area contributed by atoms with Crippen LogP contribution >= 0.6 is 0 Å². The van der Waals surface area contributed by atoms with Crippen LogP contribution in [-0.4, -0.2) is 16.6 Å². The monoisotopic (exact) mass is 218 g/mol. The highest BCUT2D eigenvalue weighted by Crippen LogP contribution is 2.10. The molecule has 0 fully saturated rings. The molecule has 0 atom stereocenters. The van der Waals surface area contributed by atoms with Crippen LogP contribution in [-0.2, 0) is 11.3 Å². The first-order valence-corrected chi connectivity index (χ1v) is 5.91. The normalized spacial score (nSPS) is 11.1. The summed E-state index contributed by atoms with van der Waals surface area (Å²) in [7, 11) is 0. The van der Waals surface area contributed by atoms with Crippen molar-refractivity contribution < 1.29 is 4.74 Å². The molecule has 3 nitrogen and oxygen atoms in total. The van der Waals surface area contributed by atoms with Crippen molar-refractivity contribution in [2.24, 2.45) is 0 Å². The van der Waals surface area contributed by atoms with Gasteiger partial charge >= 0.3 is 0 Å². The summed E-state index contributed by atoms with van der Waals surface area (Å²) in [5, 5.41) is 0. The van der Waals surface area contributed by atoms with Gasteiger partial charge < -0.3 is 9.72 Å². The van der Waals surface area contributed by atoms with Crippen molar-refractivity contribution in [1.82, 2.24) is 9.97 Å². The molecule has 86 valence electrons. The van der Waals surface area contributed by atoms with Gasteiger partial charge in [-0.1, -0.05) is 31.9 Å². The summed E-state index contributed by atoms with van der Waals surface area (Å²) in [6, 6.07) is 8.04. The molecular formula is C13H18N2O. The second-order valence-electron chi connectivity index (χ2n) is 3.96. The van der Waals surface area contributed by atoms with Gasteiger partial charge in [-0.05, 0) is 18.6 Å². The SMILES string of the molecule is CCCCCOCc1nc2ccccc2[nH]1. The first kappa shape index (κ1) is 11.1. The summed E-state index contributed by atoms with van der Waals surface area (Å²) < 4.78 is 5.56. The van der Waals surface area contributed by atoms with Crippen LogP contribution < -0.4 is 0 Å². The van der Waals surface area contributed by atoms with Crippen LogP contribution in [0.25, 0.3) is 11.0 Å². The molecule has 0 saturated heterocycles. The van der Waals surface area contributed by atoms with Gasteiger partial charge in [0.05, 0.1) is 11.0 Å². The molecule has 1 heterocycles. The van der Waals surface area contributed by atoms with Gasteiger partial charge in [0.2, 0.25) is 0 Å². The molecule has 0 aliphatic carbocycles. The molecule has 16 heavy (non-hydrogen) atoms. The van der Waals surface area contributed by atoms with Gasteiger partial charge in [-0.15, -0.1) is 0 Å². The topological polar surface area (TPSA) is 37.9 Å². The standard InChI is InChI=1S/C13H18N2O/c1-2-3-6-9-16-10-13-14-11-7-4-5-8-12(11)15-13/h4-5,7-8H,2-3,6,9-10H2,1H3,(H,14,15). The molecule has 0 radical (unpaired) electrons. The quantitative estimate of drug-likeness (QED) is 0.756. The number of hydrogen-bond acceptors (Lipinski definition) is 2. The number of H-pyrrole nitrogens is 1. The van der Waals surface area contributed by atoms with Gasteiger partial charge in [0.1, 0.15) is 12.4 Å². The minimum Gasteiger partial charge on any atom is -0.374 e. The summed E-state index contributed by atoms with van der Waals surface area (Å²) in [5.74, 6) is 0.915. The fourth-order valence-electron chi connectivity index (χ4n) is 1.70. The molecule has 3 heteroatoms. The van der Waals surface area contributed by atoms with Gasteiger partial charge in [0.15, 0.2) is 0 Å². The number of unbranched alkanes of at least 4 members (excludes halogenated alkanes) is 2. The van der Waals surface area contributed by atoms with Crippen LogP contribution in [0, 0.1) is 0 Å². The van der Waals surface area contributed by atoms with Gasteiger partial charge in [0.25, 0.3) is 0 Å². The van der Waals surface area contributed by atoms with E-state index in [0.717, 1.165) is 29.9 Å². The largest absolute Gasteiger partial charge is 0.374 e. The maximum absolute atomic E-state index is 5.56. The average molecular weight is 218 g/mol. The number of nitrogens with one attached hydrogen (secondary N) is 1. The maximum Gasteiger partial charge on any atom is 0.133 e. The number of ether oxygens (including phenoxy) is 1. The zero-order chi connectivity index (χ0) is 11.2. The van der Waals surface area contributed by atoms with Crippen molar-refractivity contribution in [3.05, 3.63) is 30.1 Å². The lowest BCUT2D eigenvalue weighted by Gasteiger charge is -2.00. The number of benzene rings is 1. The molecule has 2 rings (SSSR count). The molecule has 1 aromatic heterocycles. The minimum atomic E-state index is 0.582. The van der Waals surface area contributed by atoms with E-state index in [4.69, 9.17) is 4.74 Å². The lowest BCUT2D eigenvalue weighted by atomic mass is 10.3. The van der Waals surface area contributed by atoms with E-state index in [2.05, 4.69) is 16.9 Å². The number of para-hydroxylation sites is 2. The molecule has 0 unspecified atom stereocenters. The van der Waals surface area contributed by atoms with Crippen molar-refractivity contribution >= 4 is 11.0 Å². The van der Waals surface area contributed by atoms with Crippen LogP contribution in [0.5, 0.6) is 0 Å². The van der Waals surface area contributed by atoms with Crippen LogP contribution in [0.3, 0.4) is 0 Å². The number of aromatic nitrogens is 2. The first-order chi connectivity index (χ1) is 7.90. The van der Waals surface area contributed by atoms with Gasteiger partial charge in [-0.25, -0.2) is 4.98 Å². The Balaban J connectivity index is 1.85. The van der Waals surface area contributed by atoms with E-state index in [-0.39, 0.29) is 0 Å². The fourth-order valence-corrected chi connectivity index (χ4v) is 1.70. The molecule has 0 bridgehead atoms. The highest BCUT2D eigenvalue weighted by atomic mass is 16.5. The van der Waals surface area contributed by atoms with Crippen molar-refractivity contribution in [2.75, 3.05) is 6.61 Å². The number of imidazole rings is 1. The summed E-state index contributed by atoms with van der Waals surface area (Å²) in [4.78, 5) is 7.70. The fraction of sp³-hybridized carbons (Fsp3) is 0.462. The predicted octanol–water partition coefficient (Wildman–Crippen LogP) is 3.27. The van der Waals surface area contributed by atoms with E-state index < -0.39 is 0 Å². The number of rotatable bonds is 6. The van der Waals surface area contributed by atoms with Crippen molar-refractivity contribution in [3.63, 3.8) is 0 Å². The minimum absolute atomic E-state index is 0.582. The van der Waals surface area contributed by atoms with Gasteiger partial charge in [0, 0.05) is 6.61 Å². The molecule has 0 spiro atoms. The molecule has 0 aliphatic rings. The summed E-state index contributed by atoms with van der Waals surface area (Å²) in [6.07, 6.45) is 3.60. The Bertz CT molecular complexity index is 403. The number of fused-ring (bicyclic) bond motifs is 1. The first-order valence-electron chi connectivity index (χ1n) is 5.91. The Kier molecular flexibility index (Phi) is 3.94. The Labute approximate surface area is 95.8 Å². The van der Waals surface area contributed by atoms with E-state index in [1.165, 1.54) is 12.8 Å². The van der Waals surface area contributed by atoms with Crippen molar-refractivity contribution in [2.45, 2.75) is 32.8 Å². The Hall–Kier alpha value is -1.35. The average Bonchev–Trinajstić information content (AvgIpc) is 2.71. The van der Waals surface area contributed by atoms with E-state index >= 15 is 0 Å². The molecule has 0 aliphatic heterocycles. The van der Waals surface area contributed by atoms with E-state index in [1.54, 1.807) is 0 Å². The Morgan fingerprint density at radius 1 is 1.25 bits per heavy atom. The molecule has 2 aromatic rings. The number of aromatic amines is 1. The molecule has 1 aromatic carbocycles. The predicted molar refractivity (Wildman–Crippen MR) is 65.3 cm³/mol. The molecular weight excluding hydrogens is 200 g/mol. The van der Waals surface area contributed by atoms with Gasteiger partial charge in [-0.3, -0.25) is 0 Å². The van der Waals surface area contributed by atoms with Crippen LogP contribution in [0.15, 0.2) is 24.3 Å². The zero-order valence-corrected chi connectivity index (χ0v) is 9.70.